The van der Waals surface area contributed by atoms with Gasteiger partial charge in [0, 0.05) is 18.2 Å². The summed E-state index contributed by atoms with van der Waals surface area (Å²) in [5.41, 5.74) is 5.09. The van der Waals surface area contributed by atoms with Crippen molar-refractivity contribution in [2.45, 2.75) is 52.1 Å². The van der Waals surface area contributed by atoms with Crippen LogP contribution < -0.4 is 9.47 Å². The first kappa shape index (κ1) is 18.9. The maximum Gasteiger partial charge on any atom is 0.254 e. The fourth-order valence-corrected chi connectivity index (χ4v) is 4.35. The summed E-state index contributed by atoms with van der Waals surface area (Å²) < 4.78 is 10.9. The Morgan fingerprint density at radius 2 is 1.70 bits per heavy atom. The molecule has 0 spiro atoms. The number of rotatable bonds is 4. The smallest absolute Gasteiger partial charge is 0.254 e. The van der Waals surface area contributed by atoms with E-state index in [1.165, 1.54) is 0 Å². The molecular weight excluding hydrogens is 378 g/mol. The molecule has 3 aromatic rings. The van der Waals surface area contributed by atoms with Gasteiger partial charge in [0.25, 0.3) is 5.91 Å². The number of benzene rings is 2. The van der Waals surface area contributed by atoms with Gasteiger partial charge in [-0.05, 0) is 62.6 Å². The minimum Gasteiger partial charge on any atom is -0.454 e. The molecule has 2 heterocycles. The third-order valence-electron chi connectivity index (χ3n) is 6.14. The van der Waals surface area contributed by atoms with Crippen molar-refractivity contribution in [3.63, 3.8) is 0 Å². The highest BCUT2D eigenvalue weighted by atomic mass is 16.7. The Kier molecular flexibility index (Phi) is 4.77. The monoisotopic (exact) mass is 403 g/mol. The molecule has 1 amide bonds. The van der Waals surface area contributed by atoms with E-state index in [2.05, 4.69) is 9.97 Å². The van der Waals surface area contributed by atoms with E-state index in [0.717, 1.165) is 65.2 Å². The first-order valence-corrected chi connectivity index (χ1v) is 10.5. The second-order valence-electron chi connectivity index (χ2n) is 8.16. The van der Waals surface area contributed by atoms with Crippen molar-refractivity contribution in [3.8, 4) is 11.5 Å². The number of hydrogen-bond acceptors (Lipinski definition) is 5. The SMILES string of the molecule is Cc1nc2ccc(C(=O)N(Cc3ccc4c(c3)OCO4)C3CCCC3)cc2nc1C. The van der Waals surface area contributed by atoms with E-state index < -0.39 is 0 Å². The molecule has 30 heavy (non-hydrogen) atoms. The summed E-state index contributed by atoms with van der Waals surface area (Å²) >= 11 is 0. The molecule has 1 fully saturated rings. The highest BCUT2D eigenvalue weighted by Crippen LogP contribution is 2.34. The molecule has 5 rings (SSSR count). The van der Waals surface area contributed by atoms with Crippen molar-refractivity contribution in [1.82, 2.24) is 14.9 Å². The zero-order valence-electron chi connectivity index (χ0n) is 17.4. The summed E-state index contributed by atoms with van der Waals surface area (Å²) in [6.45, 7) is 4.70. The number of aromatic nitrogens is 2. The van der Waals surface area contributed by atoms with Crippen LogP contribution in [0, 0.1) is 13.8 Å². The highest BCUT2D eigenvalue weighted by molar-refractivity contribution is 5.97. The van der Waals surface area contributed by atoms with Gasteiger partial charge in [-0.15, -0.1) is 0 Å². The fraction of sp³-hybridized carbons (Fsp3) is 0.375. The summed E-state index contributed by atoms with van der Waals surface area (Å²) in [5.74, 6) is 1.55. The van der Waals surface area contributed by atoms with Gasteiger partial charge in [0.05, 0.1) is 22.4 Å². The Balaban J connectivity index is 1.47. The van der Waals surface area contributed by atoms with Crippen LogP contribution in [0.25, 0.3) is 11.0 Å². The quantitative estimate of drug-likeness (QED) is 0.639. The number of hydrogen-bond donors (Lipinski definition) is 0. The third-order valence-corrected chi connectivity index (χ3v) is 6.14. The van der Waals surface area contributed by atoms with Crippen LogP contribution in [0.4, 0.5) is 0 Å². The van der Waals surface area contributed by atoms with Gasteiger partial charge in [0.2, 0.25) is 6.79 Å². The van der Waals surface area contributed by atoms with E-state index in [1.54, 1.807) is 0 Å². The predicted molar refractivity (Wildman–Crippen MR) is 114 cm³/mol. The largest absolute Gasteiger partial charge is 0.454 e. The number of fused-ring (bicyclic) bond motifs is 2. The summed E-state index contributed by atoms with van der Waals surface area (Å²) in [4.78, 5) is 24.8. The van der Waals surface area contributed by atoms with Crippen molar-refractivity contribution in [2.75, 3.05) is 6.79 Å². The Labute approximate surface area is 175 Å². The lowest BCUT2D eigenvalue weighted by molar-refractivity contribution is 0.0664. The van der Waals surface area contributed by atoms with Crippen LogP contribution in [-0.4, -0.2) is 33.6 Å². The molecule has 0 N–H and O–H groups in total. The van der Waals surface area contributed by atoms with E-state index in [0.29, 0.717) is 12.1 Å². The van der Waals surface area contributed by atoms with Gasteiger partial charge in [-0.3, -0.25) is 4.79 Å². The normalized spacial score (nSPS) is 15.7. The van der Waals surface area contributed by atoms with Crippen LogP contribution >= 0.6 is 0 Å². The first-order chi connectivity index (χ1) is 14.6. The van der Waals surface area contributed by atoms with Gasteiger partial charge in [-0.2, -0.15) is 0 Å². The number of ether oxygens (including phenoxy) is 2. The fourth-order valence-electron chi connectivity index (χ4n) is 4.35. The highest BCUT2D eigenvalue weighted by Gasteiger charge is 2.28. The summed E-state index contributed by atoms with van der Waals surface area (Å²) in [5, 5.41) is 0. The Hall–Kier alpha value is -3.15. The number of nitrogens with zero attached hydrogens (tertiary/aromatic N) is 3. The van der Waals surface area contributed by atoms with Crippen LogP contribution in [0.15, 0.2) is 36.4 Å². The lowest BCUT2D eigenvalue weighted by Crippen LogP contribution is -2.38. The molecule has 2 aromatic carbocycles. The molecule has 1 aromatic heterocycles. The number of carbonyl (C=O) groups excluding carboxylic acids is 1. The van der Waals surface area contributed by atoms with Crippen LogP contribution in [0.1, 0.15) is 53.0 Å². The summed E-state index contributed by atoms with van der Waals surface area (Å²) in [6.07, 6.45) is 4.42. The average Bonchev–Trinajstić information content (AvgIpc) is 3.43. The van der Waals surface area contributed by atoms with Gasteiger partial charge in [0.15, 0.2) is 11.5 Å². The molecule has 0 saturated heterocycles. The second kappa shape index (κ2) is 7.59. The molecule has 0 unspecified atom stereocenters. The van der Waals surface area contributed by atoms with Gasteiger partial charge >= 0.3 is 0 Å². The molecule has 154 valence electrons. The minimum atomic E-state index is 0.0431. The molecule has 1 aliphatic carbocycles. The lowest BCUT2D eigenvalue weighted by Gasteiger charge is -2.29. The van der Waals surface area contributed by atoms with E-state index in [9.17, 15) is 4.79 Å². The van der Waals surface area contributed by atoms with Gasteiger partial charge in [-0.25, -0.2) is 9.97 Å². The third kappa shape index (κ3) is 3.47. The topological polar surface area (TPSA) is 64.6 Å². The van der Waals surface area contributed by atoms with E-state index in [-0.39, 0.29) is 18.7 Å². The maximum absolute atomic E-state index is 13.6. The first-order valence-electron chi connectivity index (χ1n) is 10.5. The van der Waals surface area contributed by atoms with Gasteiger partial charge in [-0.1, -0.05) is 18.9 Å². The van der Waals surface area contributed by atoms with Crippen LogP contribution in [-0.2, 0) is 6.54 Å². The Morgan fingerprint density at radius 1 is 0.967 bits per heavy atom. The van der Waals surface area contributed by atoms with Gasteiger partial charge in [0.1, 0.15) is 0 Å². The zero-order chi connectivity index (χ0) is 20.7. The molecule has 0 radical (unpaired) electrons. The molecule has 0 bridgehead atoms. The van der Waals surface area contributed by atoms with E-state index in [1.807, 2.05) is 55.1 Å². The minimum absolute atomic E-state index is 0.0431. The number of aryl methyl sites for hydroxylation is 2. The molecule has 0 atom stereocenters. The second-order valence-corrected chi connectivity index (χ2v) is 8.16. The summed E-state index contributed by atoms with van der Waals surface area (Å²) in [7, 11) is 0. The van der Waals surface area contributed by atoms with Gasteiger partial charge < -0.3 is 14.4 Å². The predicted octanol–water partition coefficient (Wildman–Crippen LogP) is 4.56. The van der Waals surface area contributed by atoms with Crippen molar-refractivity contribution < 1.29 is 14.3 Å². The van der Waals surface area contributed by atoms with Crippen LogP contribution in [0.3, 0.4) is 0 Å². The lowest BCUT2D eigenvalue weighted by atomic mass is 10.1. The Morgan fingerprint density at radius 3 is 2.50 bits per heavy atom. The van der Waals surface area contributed by atoms with Crippen molar-refractivity contribution in [3.05, 3.63) is 58.9 Å². The van der Waals surface area contributed by atoms with Crippen LogP contribution in [0.5, 0.6) is 11.5 Å². The number of amides is 1. The van der Waals surface area contributed by atoms with E-state index >= 15 is 0 Å². The molecule has 2 aliphatic rings. The van der Waals surface area contributed by atoms with Crippen molar-refractivity contribution in [1.29, 1.82) is 0 Å². The zero-order valence-corrected chi connectivity index (χ0v) is 17.4. The standard InChI is InChI=1S/C24H25N3O3/c1-15-16(2)26-21-12-18(8-9-20(21)25-15)24(28)27(19-5-3-4-6-19)13-17-7-10-22-23(11-17)30-14-29-22/h7-12,19H,3-6,13-14H2,1-2H3. The Bertz CT molecular complexity index is 1120. The molecular formula is C24H25N3O3. The average molecular weight is 403 g/mol. The molecule has 1 aliphatic heterocycles. The summed E-state index contributed by atoms with van der Waals surface area (Å²) in [6, 6.07) is 11.8. The number of carbonyl (C=O) groups is 1. The maximum atomic E-state index is 13.6. The van der Waals surface area contributed by atoms with Crippen LogP contribution in [0.2, 0.25) is 0 Å². The molecule has 6 heteroatoms. The van der Waals surface area contributed by atoms with Crippen molar-refractivity contribution in [2.24, 2.45) is 0 Å². The molecule has 6 nitrogen and oxygen atoms in total. The molecule has 1 saturated carbocycles. The van der Waals surface area contributed by atoms with Crippen molar-refractivity contribution >= 4 is 16.9 Å². The van der Waals surface area contributed by atoms with E-state index in [4.69, 9.17) is 9.47 Å².